The predicted octanol–water partition coefficient (Wildman–Crippen LogP) is 3.19. The molecule has 0 radical (unpaired) electrons. The minimum Gasteiger partial charge on any atom is -0.379 e. The molecule has 1 rings (SSSR count). The summed E-state index contributed by atoms with van der Waals surface area (Å²) < 4.78 is 0. The van der Waals surface area contributed by atoms with Gasteiger partial charge < -0.3 is 10.6 Å². The molecule has 6 heteroatoms. The van der Waals surface area contributed by atoms with Gasteiger partial charge in [0.05, 0.1) is 4.92 Å². The molecule has 21 heavy (non-hydrogen) atoms. The average Bonchev–Trinajstić information content (AvgIpc) is 2.48. The first-order valence-corrected chi connectivity index (χ1v) is 7.33. The molecule has 0 saturated carbocycles. The molecule has 1 aromatic carbocycles. The lowest BCUT2D eigenvalue weighted by Crippen LogP contribution is -2.23. The van der Waals surface area contributed by atoms with Gasteiger partial charge in [0.1, 0.15) is 5.69 Å². The fourth-order valence-corrected chi connectivity index (χ4v) is 2.07. The van der Waals surface area contributed by atoms with Crippen LogP contribution in [0.5, 0.6) is 0 Å². The van der Waals surface area contributed by atoms with E-state index >= 15 is 0 Å². The molecule has 0 aliphatic carbocycles. The van der Waals surface area contributed by atoms with E-state index in [2.05, 4.69) is 24.5 Å². The number of hydrogen-bond donors (Lipinski definition) is 2. The number of nitro groups is 1. The quantitative estimate of drug-likeness (QED) is 0.569. The van der Waals surface area contributed by atoms with E-state index in [1.165, 1.54) is 12.1 Å². The Morgan fingerprint density at radius 1 is 1.29 bits per heavy atom. The molecular formula is C15H23N3O3. The zero-order valence-corrected chi connectivity index (χ0v) is 12.8. The number of carbonyl (C=O) groups excluding carboxylic acids is 1. The highest BCUT2D eigenvalue weighted by Gasteiger charge is 2.17. The third kappa shape index (κ3) is 4.73. The van der Waals surface area contributed by atoms with Gasteiger partial charge in [0.15, 0.2) is 0 Å². The highest BCUT2D eigenvalue weighted by atomic mass is 16.6. The number of carbonyl (C=O) groups is 1. The Morgan fingerprint density at radius 2 is 1.95 bits per heavy atom. The first-order chi connectivity index (χ1) is 10.0. The van der Waals surface area contributed by atoms with Crippen LogP contribution in [0.1, 0.15) is 44.0 Å². The maximum atomic E-state index is 11.8. The molecule has 0 unspecified atom stereocenters. The van der Waals surface area contributed by atoms with Crippen LogP contribution in [0, 0.1) is 16.0 Å². The number of hydrogen-bond acceptors (Lipinski definition) is 4. The fraction of sp³-hybridized carbons (Fsp3) is 0.533. The third-order valence-electron chi connectivity index (χ3n) is 3.53. The molecule has 0 atom stereocenters. The minimum atomic E-state index is -0.434. The van der Waals surface area contributed by atoms with Gasteiger partial charge in [-0.25, -0.2) is 0 Å². The van der Waals surface area contributed by atoms with Crippen molar-refractivity contribution in [2.24, 2.45) is 5.92 Å². The highest BCUT2D eigenvalue weighted by Crippen LogP contribution is 2.26. The fourth-order valence-electron chi connectivity index (χ4n) is 2.07. The summed E-state index contributed by atoms with van der Waals surface area (Å²) in [4.78, 5) is 22.5. The van der Waals surface area contributed by atoms with E-state index < -0.39 is 4.92 Å². The zero-order chi connectivity index (χ0) is 15.8. The van der Waals surface area contributed by atoms with E-state index in [0.717, 1.165) is 12.8 Å². The Hall–Kier alpha value is -2.11. The monoisotopic (exact) mass is 293 g/mol. The summed E-state index contributed by atoms with van der Waals surface area (Å²) in [5.74, 6) is 0.232. The summed E-state index contributed by atoms with van der Waals surface area (Å²) in [5, 5.41) is 16.9. The number of benzene rings is 1. The molecule has 6 nitrogen and oxygen atoms in total. The van der Waals surface area contributed by atoms with Crippen LogP contribution in [0.25, 0.3) is 0 Å². The van der Waals surface area contributed by atoms with Crippen molar-refractivity contribution in [2.45, 2.75) is 33.6 Å². The van der Waals surface area contributed by atoms with Gasteiger partial charge in [0.2, 0.25) is 0 Å². The number of rotatable bonds is 8. The van der Waals surface area contributed by atoms with Crippen molar-refractivity contribution in [3.63, 3.8) is 0 Å². The molecule has 0 saturated heterocycles. The van der Waals surface area contributed by atoms with E-state index in [1.54, 1.807) is 6.07 Å². The summed E-state index contributed by atoms with van der Waals surface area (Å²) in [6.07, 6.45) is 2.01. The molecule has 0 aliphatic rings. The van der Waals surface area contributed by atoms with Gasteiger partial charge in [0, 0.05) is 24.7 Å². The number of nitrogens with one attached hydrogen (secondary N) is 2. The second kappa shape index (κ2) is 8.24. The molecule has 0 aliphatic heterocycles. The number of nitrogens with zero attached hydrogens (tertiary/aromatic N) is 1. The van der Waals surface area contributed by atoms with Crippen molar-refractivity contribution in [3.05, 3.63) is 33.9 Å². The summed E-state index contributed by atoms with van der Waals surface area (Å²) in [5.41, 5.74) is 0.819. The van der Waals surface area contributed by atoms with Crippen LogP contribution < -0.4 is 10.6 Å². The van der Waals surface area contributed by atoms with Crippen LogP contribution in [0.4, 0.5) is 11.4 Å². The number of nitro benzene ring substituents is 1. The molecular weight excluding hydrogens is 270 g/mol. The van der Waals surface area contributed by atoms with E-state index in [0.29, 0.717) is 30.3 Å². The zero-order valence-electron chi connectivity index (χ0n) is 12.8. The third-order valence-corrected chi connectivity index (χ3v) is 3.53. The van der Waals surface area contributed by atoms with E-state index in [-0.39, 0.29) is 11.6 Å². The predicted molar refractivity (Wildman–Crippen MR) is 83.7 cm³/mol. The molecule has 0 heterocycles. The second-order valence-electron chi connectivity index (χ2n) is 4.91. The van der Waals surface area contributed by atoms with Crippen LogP contribution >= 0.6 is 0 Å². The minimum absolute atomic E-state index is 0.00555. The Kier molecular flexibility index (Phi) is 6.65. The Morgan fingerprint density at radius 3 is 2.48 bits per heavy atom. The summed E-state index contributed by atoms with van der Waals surface area (Å²) >= 11 is 0. The van der Waals surface area contributed by atoms with Gasteiger partial charge in [-0.05, 0) is 25.0 Å². The summed E-state index contributed by atoms with van der Waals surface area (Å²) in [6.45, 7) is 7.19. The Labute approximate surface area is 125 Å². The maximum absolute atomic E-state index is 11.8. The largest absolute Gasteiger partial charge is 0.379 e. The van der Waals surface area contributed by atoms with Gasteiger partial charge >= 0.3 is 0 Å². The van der Waals surface area contributed by atoms with Crippen LogP contribution in [0.15, 0.2) is 18.2 Å². The van der Waals surface area contributed by atoms with Crippen molar-refractivity contribution in [1.82, 2.24) is 5.32 Å². The number of amides is 1. The lowest BCUT2D eigenvalue weighted by Gasteiger charge is -2.15. The van der Waals surface area contributed by atoms with Crippen molar-refractivity contribution in [1.29, 1.82) is 0 Å². The molecule has 0 spiro atoms. The van der Waals surface area contributed by atoms with Crippen molar-refractivity contribution >= 4 is 17.3 Å². The normalized spacial score (nSPS) is 10.5. The van der Waals surface area contributed by atoms with Crippen molar-refractivity contribution in [3.8, 4) is 0 Å². The Bertz CT molecular complexity index is 499. The van der Waals surface area contributed by atoms with Gasteiger partial charge in [-0.2, -0.15) is 0 Å². The molecule has 1 amide bonds. The van der Waals surface area contributed by atoms with Crippen LogP contribution in [0.3, 0.4) is 0 Å². The standard InChI is InChI=1S/C15H23N3O3/c1-4-11(5-2)10-17-13-9-12(15(19)16-6-3)7-8-14(13)18(20)21/h7-9,11,17H,4-6,10H2,1-3H3,(H,16,19). The summed E-state index contributed by atoms with van der Waals surface area (Å²) in [6, 6.07) is 4.40. The van der Waals surface area contributed by atoms with E-state index in [1.807, 2.05) is 6.92 Å². The van der Waals surface area contributed by atoms with E-state index in [4.69, 9.17) is 0 Å². The first kappa shape index (κ1) is 16.9. The molecule has 2 N–H and O–H groups in total. The molecule has 1 aromatic rings. The molecule has 0 bridgehead atoms. The SMILES string of the molecule is CCNC(=O)c1ccc([N+](=O)[O-])c(NCC(CC)CC)c1. The van der Waals surface area contributed by atoms with Crippen molar-refractivity contribution < 1.29 is 9.72 Å². The first-order valence-electron chi connectivity index (χ1n) is 7.33. The Balaban J connectivity index is 2.98. The van der Waals surface area contributed by atoms with Gasteiger partial charge in [-0.1, -0.05) is 26.7 Å². The van der Waals surface area contributed by atoms with Gasteiger partial charge in [0.25, 0.3) is 11.6 Å². The van der Waals surface area contributed by atoms with E-state index in [9.17, 15) is 14.9 Å². The topological polar surface area (TPSA) is 84.3 Å². The molecule has 0 aromatic heterocycles. The smallest absolute Gasteiger partial charge is 0.292 e. The molecule has 116 valence electrons. The van der Waals surface area contributed by atoms with Crippen LogP contribution in [-0.4, -0.2) is 23.9 Å². The van der Waals surface area contributed by atoms with Gasteiger partial charge in [-0.3, -0.25) is 14.9 Å². The lowest BCUT2D eigenvalue weighted by molar-refractivity contribution is -0.384. The summed E-state index contributed by atoms with van der Waals surface area (Å²) in [7, 11) is 0. The van der Waals surface area contributed by atoms with Crippen LogP contribution in [0.2, 0.25) is 0 Å². The lowest BCUT2D eigenvalue weighted by atomic mass is 10.0. The van der Waals surface area contributed by atoms with Crippen LogP contribution in [-0.2, 0) is 0 Å². The highest BCUT2D eigenvalue weighted by molar-refractivity contribution is 5.95. The molecule has 0 fully saturated rings. The second-order valence-corrected chi connectivity index (χ2v) is 4.91. The maximum Gasteiger partial charge on any atom is 0.292 e. The average molecular weight is 293 g/mol. The number of anilines is 1. The van der Waals surface area contributed by atoms with Crippen molar-refractivity contribution in [2.75, 3.05) is 18.4 Å². The van der Waals surface area contributed by atoms with Gasteiger partial charge in [-0.15, -0.1) is 0 Å².